The molecule has 1 saturated heterocycles. The lowest BCUT2D eigenvalue weighted by molar-refractivity contribution is -0.183. The van der Waals surface area contributed by atoms with Crippen LogP contribution < -0.4 is 11.1 Å². The third kappa shape index (κ3) is 1.05. The number of ether oxygens (including phenoxy) is 2. The smallest absolute Gasteiger partial charge is 0.290 e. The van der Waals surface area contributed by atoms with E-state index < -0.39 is 12.0 Å². The summed E-state index contributed by atoms with van der Waals surface area (Å²) in [6, 6.07) is 7.27. The SMILES string of the molecule is NC1COC2(O1)C(=O)Nc1ccccc12. The van der Waals surface area contributed by atoms with E-state index in [2.05, 4.69) is 5.32 Å². The molecule has 0 aliphatic carbocycles. The van der Waals surface area contributed by atoms with E-state index in [0.29, 0.717) is 5.56 Å². The standard InChI is InChI=1S/C10H10N2O3/c11-8-5-14-10(15-8)6-3-1-2-4-7(6)12-9(10)13/h1-4,8H,5,11H2,(H,12,13). The highest BCUT2D eigenvalue weighted by Gasteiger charge is 2.54. The minimum Gasteiger partial charge on any atom is -0.334 e. The summed E-state index contributed by atoms with van der Waals surface area (Å²) in [6.45, 7) is 0.224. The molecule has 2 aliphatic heterocycles. The molecule has 0 aromatic heterocycles. The van der Waals surface area contributed by atoms with Crippen LogP contribution in [0.1, 0.15) is 5.56 Å². The zero-order valence-electron chi connectivity index (χ0n) is 7.90. The minimum absolute atomic E-state index is 0.224. The van der Waals surface area contributed by atoms with Gasteiger partial charge >= 0.3 is 0 Å². The molecule has 0 bridgehead atoms. The monoisotopic (exact) mass is 206 g/mol. The van der Waals surface area contributed by atoms with Crippen molar-refractivity contribution in [1.29, 1.82) is 0 Å². The van der Waals surface area contributed by atoms with Crippen LogP contribution in [-0.2, 0) is 20.1 Å². The van der Waals surface area contributed by atoms with E-state index in [1.165, 1.54) is 0 Å². The van der Waals surface area contributed by atoms with E-state index in [-0.39, 0.29) is 12.5 Å². The van der Waals surface area contributed by atoms with E-state index in [1.807, 2.05) is 12.1 Å². The molecule has 15 heavy (non-hydrogen) atoms. The van der Waals surface area contributed by atoms with Gasteiger partial charge in [-0.2, -0.15) is 0 Å². The Hall–Kier alpha value is -1.43. The van der Waals surface area contributed by atoms with Gasteiger partial charge in [0, 0.05) is 5.56 Å². The van der Waals surface area contributed by atoms with Gasteiger partial charge in [0.2, 0.25) is 0 Å². The molecule has 1 amide bonds. The molecule has 2 aliphatic rings. The van der Waals surface area contributed by atoms with E-state index >= 15 is 0 Å². The molecule has 1 aromatic carbocycles. The van der Waals surface area contributed by atoms with Crippen molar-refractivity contribution in [3.63, 3.8) is 0 Å². The number of hydrogen-bond acceptors (Lipinski definition) is 4. The van der Waals surface area contributed by atoms with Crippen LogP contribution in [0.2, 0.25) is 0 Å². The van der Waals surface area contributed by atoms with Gasteiger partial charge in [-0.05, 0) is 6.07 Å². The second-order valence-corrected chi connectivity index (χ2v) is 3.58. The van der Waals surface area contributed by atoms with Gasteiger partial charge in [0.05, 0.1) is 12.3 Å². The second kappa shape index (κ2) is 2.79. The van der Waals surface area contributed by atoms with Crippen molar-refractivity contribution < 1.29 is 14.3 Å². The van der Waals surface area contributed by atoms with Crippen molar-refractivity contribution in [1.82, 2.24) is 0 Å². The highest BCUT2D eigenvalue weighted by atomic mass is 16.8. The average Bonchev–Trinajstić information content (AvgIpc) is 2.73. The van der Waals surface area contributed by atoms with Crippen LogP contribution in [0, 0.1) is 0 Å². The Morgan fingerprint density at radius 1 is 1.47 bits per heavy atom. The van der Waals surface area contributed by atoms with Crippen LogP contribution in [0.3, 0.4) is 0 Å². The second-order valence-electron chi connectivity index (χ2n) is 3.58. The molecular weight excluding hydrogens is 196 g/mol. The number of benzene rings is 1. The molecule has 2 heterocycles. The molecule has 3 N–H and O–H groups in total. The summed E-state index contributed by atoms with van der Waals surface area (Å²) in [5.74, 6) is -1.63. The summed E-state index contributed by atoms with van der Waals surface area (Å²) >= 11 is 0. The number of anilines is 1. The van der Waals surface area contributed by atoms with Gasteiger partial charge in [0.15, 0.2) is 0 Å². The maximum Gasteiger partial charge on any atom is 0.290 e. The van der Waals surface area contributed by atoms with Crippen LogP contribution in [0.25, 0.3) is 0 Å². The van der Waals surface area contributed by atoms with Crippen molar-refractivity contribution in [3.8, 4) is 0 Å². The summed E-state index contributed by atoms with van der Waals surface area (Å²) in [4.78, 5) is 11.8. The maximum atomic E-state index is 11.8. The lowest BCUT2D eigenvalue weighted by atomic mass is 10.1. The Balaban J connectivity index is 2.13. The Bertz CT molecular complexity index is 434. The fraction of sp³-hybridized carbons (Fsp3) is 0.300. The van der Waals surface area contributed by atoms with Gasteiger partial charge < -0.3 is 20.5 Å². The number of para-hydroxylation sites is 1. The predicted octanol–water partition coefficient (Wildman–Crippen LogP) is 0.123. The summed E-state index contributed by atoms with van der Waals surface area (Å²) < 4.78 is 10.8. The zero-order chi connectivity index (χ0) is 10.5. The molecule has 78 valence electrons. The quantitative estimate of drug-likeness (QED) is 0.632. The van der Waals surface area contributed by atoms with Crippen LogP contribution >= 0.6 is 0 Å². The first-order chi connectivity index (χ1) is 7.22. The van der Waals surface area contributed by atoms with Crippen molar-refractivity contribution >= 4 is 11.6 Å². The summed E-state index contributed by atoms with van der Waals surface area (Å²) in [7, 11) is 0. The number of fused-ring (bicyclic) bond motifs is 2. The zero-order valence-corrected chi connectivity index (χ0v) is 7.90. The lowest BCUT2D eigenvalue weighted by Gasteiger charge is -2.19. The molecule has 0 saturated carbocycles. The Kier molecular flexibility index (Phi) is 1.64. The Labute approximate surface area is 86.2 Å². The molecule has 1 aromatic rings. The lowest BCUT2D eigenvalue weighted by Crippen LogP contribution is -2.37. The molecule has 2 unspecified atom stereocenters. The van der Waals surface area contributed by atoms with Crippen LogP contribution in [0.5, 0.6) is 0 Å². The molecule has 2 atom stereocenters. The van der Waals surface area contributed by atoms with Gasteiger partial charge in [0.1, 0.15) is 6.23 Å². The van der Waals surface area contributed by atoms with Gasteiger partial charge in [0.25, 0.3) is 11.7 Å². The number of nitrogens with one attached hydrogen (secondary N) is 1. The van der Waals surface area contributed by atoms with Crippen LogP contribution in [0.15, 0.2) is 24.3 Å². The van der Waals surface area contributed by atoms with Crippen LogP contribution in [0.4, 0.5) is 5.69 Å². The van der Waals surface area contributed by atoms with Crippen molar-refractivity contribution in [2.75, 3.05) is 11.9 Å². The largest absolute Gasteiger partial charge is 0.334 e. The van der Waals surface area contributed by atoms with Gasteiger partial charge in [-0.25, -0.2) is 0 Å². The molecule has 5 heteroatoms. The highest BCUT2D eigenvalue weighted by molar-refractivity contribution is 6.04. The topological polar surface area (TPSA) is 73.6 Å². The molecule has 0 radical (unpaired) electrons. The van der Waals surface area contributed by atoms with E-state index in [4.69, 9.17) is 15.2 Å². The van der Waals surface area contributed by atoms with E-state index in [9.17, 15) is 4.79 Å². The fourth-order valence-corrected chi connectivity index (χ4v) is 1.95. The summed E-state index contributed by atoms with van der Waals surface area (Å²) in [5.41, 5.74) is 7.00. The first-order valence-electron chi connectivity index (χ1n) is 4.71. The number of hydrogen-bond donors (Lipinski definition) is 2. The summed E-state index contributed by atoms with van der Waals surface area (Å²) in [6.07, 6.45) is -0.554. The number of carbonyl (C=O) groups excluding carboxylic acids is 1. The van der Waals surface area contributed by atoms with Gasteiger partial charge in [-0.15, -0.1) is 0 Å². The van der Waals surface area contributed by atoms with Crippen molar-refractivity contribution in [3.05, 3.63) is 29.8 Å². The van der Waals surface area contributed by atoms with Gasteiger partial charge in [-0.3, -0.25) is 4.79 Å². The highest BCUT2D eigenvalue weighted by Crippen LogP contribution is 2.42. The van der Waals surface area contributed by atoms with E-state index in [0.717, 1.165) is 5.69 Å². The predicted molar refractivity (Wildman–Crippen MR) is 51.8 cm³/mol. The van der Waals surface area contributed by atoms with Crippen molar-refractivity contribution in [2.45, 2.75) is 12.0 Å². The minimum atomic E-state index is -1.32. The molecule has 5 nitrogen and oxygen atoms in total. The summed E-state index contributed by atoms with van der Waals surface area (Å²) in [5, 5.41) is 2.71. The average molecular weight is 206 g/mol. The van der Waals surface area contributed by atoms with Crippen LogP contribution in [-0.4, -0.2) is 18.7 Å². The third-order valence-electron chi connectivity index (χ3n) is 2.60. The van der Waals surface area contributed by atoms with E-state index in [1.54, 1.807) is 12.1 Å². The first kappa shape index (κ1) is 8.84. The number of amides is 1. The maximum absolute atomic E-state index is 11.8. The fourth-order valence-electron chi connectivity index (χ4n) is 1.95. The number of nitrogens with two attached hydrogens (primary N) is 1. The number of rotatable bonds is 0. The normalized spacial score (nSPS) is 33.1. The Morgan fingerprint density at radius 2 is 2.27 bits per heavy atom. The molecule has 1 spiro atoms. The molecule has 1 fully saturated rings. The molecular formula is C10H10N2O3. The third-order valence-corrected chi connectivity index (χ3v) is 2.60. The first-order valence-corrected chi connectivity index (χ1v) is 4.71. The van der Waals surface area contributed by atoms with Crippen molar-refractivity contribution in [2.24, 2.45) is 5.73 Å². The Morgan fingerprint density at radius 3 is 3.00 bits per heavy atom. The van der Waals surface area contributed by atoms with Gasteiger partial charge in [-0.1, -0.05) is 18.2 Å². The number of carbonyl (C=O) groups is 1. The molecule has 3 rings (SSSR count).